The molecule has 1 aromatic carbocycles. The van der Waals surface area contributed by atoms with Crippen LogP contribution in [0, 0.1) is 24.5 Å². The molecule has 3 unspecified atom stereocenters. The topological polar surface area (TPSA) is 9.23 Å². The van der Waals surface area contributed by atoms with E-state index in [9.17, 15) is 8.78 Å². The van der Waals surface area contributed by atoms with Gasteiger partial charge in [-0.1, -0.05) is 22.9 Å². The molecule has 1 aliphatic rings. The minimum Gasteiger partial charge on any atom is -0.376 e. The van der Waals surface area contributed by atoms with E-state index in [1.54, 1.807) is 6.92 Å². The highest BCUT2D eigenvalue weighted by Crippen LogP contribution is 2.38. The second-order valence-corrected chi connectivity index (χ2v) is 5.61. The summed E-state index contributed by atoms with van der Waals surface area (Å²) in [5.41, 5.74) is 0.665. The minimum atomic E-state index is -0.381. The van der Waals surface area contributed by atoms with Crippen molar-refractivity contribution in [2.45, 2.75) is 31.2 Å². The van der Waals surface area contributed by atoms with Gasteiger partial charge in [0.2, 0.25) is 0 Å². The maximum atomic E-state index is 13.8. The maximum absolute atomic E-state index is 13.8. The maximum Gasteiger partial charge on any atom is 0.128 e. The average molecular weight is 305 g/mol. The summed E-state index contributed by atoms with van der Waals surface area (Å²) in [7, 11) is 0. The van der Waals surface area contributed by atoms with Crippen molar-refractivity contribution >= 4 is 15.9 Å². The number of hydrogen-bond donors (Lipinski definition) is 0. The lowest BCUT2D eigenvalue weighted by Gasteiger charge is -2.22. The molecular formula is C13H15BrF2O. The Morgan fingerprint density at radius 3 is 2.65 bits per heavy atom. The van der Waals surface area contributed by atoms with E-state index in [-0.39, 0.29) is 22.6 Å². The Bertz CT molecular complexity index is 422. The molecule has 1 aromatic rings. The van der Waals surface area contributed by atoms with Gasteiger partial charge in [0.15, 0.2) is 0 Å². The third-order valence-electron chi connectivity index (χ3n) is 3.31. The Balaban J connectivity index is 2.30. The van der Waals surface area contributed by atoms with Gasteiger partial charge in [-0.15, -0.1) is 0 Å². The van der Waals surface area contributed by atoms with E-state index < -0.39 is 0 Å². The van der Waals surface area contributed by atoms with Crippen LogP contribution in [0.3, 0.4) is 0 Å². The van der Waals surface area contributed by atoms with Crippen molar-refractivity contribution in [3.63, 3.8) is 0 Å². The van der Waals surface area contributed by atoms with Gasteiger partial charge in [-0.2, -0.15) is 0 Å². The molecule has 1 nitrogen and oxygen atoms in total. The zero-order valence-corrected chi connectivity index (χ0v) is 11.4. The first-order valence-corrected chi connectivity index (χ1v) is 6.63. The molecule has 94 valence electrons. The second-order valence-electron chi connectivity index (χ2n) is 4.63. The van der Waals surface area contributed by atoms with Crippen LogP contribution in [0.5, 0.6) is 0 Å². The van der Waals surface area contributed by atoms with Crippen molar-refractivity contribution in [1.82, 2.24) is 0 Å². The molecule has 0 radical (unpaired) electrons. The van der Waals surface area contributed by atoms with Crippen LogP contribution in [0.2, 0.25) is 0 Å². The lowest BCUT2D eigenvalue weighted by Crippen LogP contribution is -2.20. The fourth-order valence-electron chi connectivity index (χ4n) is 2.14. The van der Waals surface area contributed by atoms with Crippen LogP contribution in [-0.4, -0.2) is 12.7 Å². The van der Waals surface area contributed by atoms with Gasteiger partial charge in [0, 0.05) is 12.2 Å². The molecule has 0 saturated carbocycles. The van der Waals surface area contributed by atoms with E-state index in [0.717, 1.165) is 6.42 Å². The highest BCUT2D eigenvalue weighted by Gasteiger charge is 2.33. The van der Waals surface area contributed by atoms with Crippen LogP contribution in [-0.2, 0) is 4.74 Å². The van der Waals surface area contributed by atoms with Gasteiger partial charge >= 0.3 is 0 Å². The van der Waals surface area contributed by atoms with Gasteiger partial charge in [-0.3, -0.25) is 0 Å². The lowest BCUT2D eigenvalue weighted by molar-refractivity contribution is 0.0927. The molecule has 0 N–H and O–H groups in total. The second kappa shape index (κ2) is 5.02. The monoisotopic (exact) mass is 304 g/mol. The number of benzene rings is 1. The van der Waals surface area contributed by atoms with E-state index in [1.807, 2.05) is 0 Å². The summed E-state index contributed by atoms with van der Waals surface area (Å²) in [5, 5.41) is 0. The van der Waals surface area contributed by atoms with Gasteiger partial charge in [0.1, 0.15) is 11.6 Å². The van der Waals surface area contributed by atoms with Gasteiger partial charge in [0.25, 0.3) is 0 Å². The van der Waals surface area contributed by atoms with Crippen LogP contribution in [0.15, 0.2) is 12.1 Å². The molecule has 2 rings (SSSR count). The van der Waals surface area contributed by atoms with E-state index in [2.05, 4.69) is 22.9 Å². The summed E-state index contributed by atoms with van der Waals surface area (Å²) in [6, 6.07) is 2.50. The number of halogens is 3. The summed E-state index contributed by atoms with van der Waals surface area (Å²) in [4.78, 5) is -0.296. The van der Waals surface area contributed by atoms with E-state index in [0.29, 0.717) is 23.7 Å². The van der Waals surface area contributed by atoms with Crippen molar-refractivity contribution < 1.29 is 13.5 Å². The third-order valence-corrected chi connectivity index (χ3v) is 4.32. The normalized spacial score (nSPS) is 26.2. The summed E-state index contributed by atoms with van der Waals surface area (Å²) >= 11 is 3.43. The number of aryl methyl sites for hydroxylation is 1. The molecule has 0 amide bonds. The fraction of sp³-hybridized carbons (Fsp3) is 0.538. The molecule has 17 heavy (non-hydrogen) atoms. The molecule has 3 atom stereocenters. The van der Waals surface area contributed by atoms with Crippen molar-refractivity contribution in [1.29, 1.82) is 0 Å². The van der Waals surface area contributed by atoms with Crippen molar-refractivity contribution in [3.05, 3.63) is 34.9 Å². The van der Waals surface area contributed by atoms with Crippen LogP contribution in [0.4, 0.5) is 8.78 Å². The number of rotatable bonds is 2. The summed E-state index contributed by atoms with van der Waals surface area (Å²) in [6.07, 6.45) is 0.870. The highest BCUT2D eigenvalue weighted by molar-refractivity contribution is 9.09. The highest BCUT2D eigenvalue weighted by atomic mass is 79.9. The Morgan fingerprint density at radius 2 is 2.06 bits per heavy atom. The zero-order chi connectivity index (χ0) is 12.6. The molecule has 0 aromatic heterocycles. The minimum absolute atomic E-state index is 0.0911. The predicted octanol–water partition coefficient (Wildman–Crippen LogP) is 4.13. The number of alkyl halides is 1. The summed E-state index contributed by atoms with van der Waals surface area (Å²) in [5.74, 6) is -0.409. The van der Waals surface area contributed by atoms with Crippen molar-refractivity contribution in [2.75, 3.05) is 6.61 Å². The predicted molar refractivity (Wildman–Crippen MR) is 66.3 cm³/mol. The molecule has 4 heteroatoms. The quantitative estimate of drug-likeness (QED) is 0.746. The first-order valence-electron chi connectivity index (χ1n) is 5.72. The molecular weight excluding hydrogens is 290 g/mol. The fourth-order valence-corrected chi connectivity index (χ4v) is 3.17. The Hall–Kier alpha value is -0.480. The van der Waals surface area contributed by atoms with Gasteiger partial charge in [-0.25, -0.2) is 8.78 Å². The molecule has 1 saturated heterocycles. The zero-order valence-electron chi connectivity index (χ0n) is 9.84. The SMILES string of the molecule is Cc1cc(F)c(C(Br)C2OCCC2C)cc1F. The van der Waals surface area contributed by atoms with Crippen molar-refractivity contribution in [3.8, 4) is 0 Å². The van der Waals surface area contributed by atoms with Crippen LogP contribution >= 0.6 is 15.9 Å². The third kappa shape index (κ3) is 2.52. The van der Waals surface area contributed by atoms with Crippen molar-refractivity contribution in [2.24, 2.45) is 5.92 Å². The summed E-state index contributed by atoms with van der Waals surface area (Å²) < 4.78 is 32.9. The Labute approximate surface area is 108 Å². The van der Waals surface area contributed by atoms with Gasteiger partial charge in [0.05, 0.1) is 10.9 Å². The van der Waals surface area contributed by atoms with Gasteiger partial charge in [-0.05, 0) is 37.0 Å². The standard InChI is InChI=1S/C13H15BrF2O/c1-7-3-4-17-13(7)12(14)9-6-10(15)8(2)5-11(9)16/h5-7,12-13H,3-4H2,1-2H3. The molecule has 0 bridgehead atoms. The Morgan fingerprint density at radius 1 is 1.35 bits per heavy atom. The molecule has 0 spiro atoms. The smallest absolute Gasteiger partial charge is 0.128 e. The molecule has 1 aliphatic heterocycles. The first-order chi connectivity index (χ1) is 8.00. The largest absolute Gasteiger partial charge is 0.376 e. The van der Waals surface area contributed by atoms with Crippen LogP contribution < -0.4 is 0 Å². The Kier molecular flexibility index (Phi) is 3.83. The average Bonchev–Trinajstić information content (AvgIpc) is 2.69. The first kappa shape index (κ1) is 13.0. The lowest BCUT2D eigenvalue weighted by atomic mass is 9.96. The van der Waals surface area contributed by atoms with Gasteiger partial charge < -0.3 is 4.74 Å². The number of ether oxygens (including phenoxy) is 1. The van der Waals surface area contributed by atoms with Crippen LogP contribution in [0.25, 0.3) is 0 Å². The van der Waals surface area contributed by atoms with Crippen LogP contribution in [0.1, 0.15) is 29.3 Å². The summed E-state index contributed by atoms with van der Waals surface area (Å²) in [6.45, 7) is 4.30. The molecule has 0 aliphatic carbocycles. The van der Waals surface area contributed by atoms with E-state index in [1.165, 1.54) is 12.1 Å². The van der Waals surface area contributed by atoms with E-state index in [4.69, 9.17) is 4.74 Å². The molecule has 1 fully saturated rings. The molecule has 1 heterocycles. The number of hydrogen-bond acceptors (Lipinski definition) is 1. The van der Waals surface area contributed by atoms with E-state index >= 15 is 0 Å².